The predicted molar refractivity (Wildman–Crippen MR) is 199 cm³/mol. The van der Waals surface area contributed by atoms with Gasteiger partial charge in [-0.15, -0.1) is 22.7 Å². The molecule has 0 spiro atoms. The summed E-state index contributed by atoms with van der Waals surface area (Å²) in [6.07, 6.45) is 25.3. The maximum Gasteiger partial charge on any atom is 0.261 e. The number of aryl methyl sites for hydroxylation is 2. The van der Waals surface area contributed by atoms with Gasteiger partial charge in [-0.3, -0.25) is 9.59 Å². The van der Waals surface area contributed by atoms with Crippen LogP contribution < -0.4 is 0 Å². The number of hydrogen-bond donors (Lipinski definition) is 0. The molecule has 4 nitrogen and oxygen atoms in total. The number of unbranched alkanes of at least 4 members (excludes halogenated alkanes) is 18. The van der Waals surface area contributed by atoms with Crippen LogP contribution >= 0.6 is 22.7 Å². The van der Waals surface area contributed by atoms with Crippen molar-refractivity contribution in [2.75, 3.05) is 13.1 Å². The van der Waals surface area contributed by atoms with Crippen LogP contribution in [0.2, 0.25) is 0 Å². The van der Waals surface area contributed by atoms with E-state index in [4.69, 9.17) is 0 Å². The molecule has 2 aromatic heterocycles. The average Bonchev–Trinajstić information content (AvgIpc) is 3.80. The maximum atomic E-state index is 14.3. The van der Waals surface area contributed by atoms with E-state index in [9.17, 15) is 9.59 Å². The van der Waals surface area contributed by atoms with Crippen LogP contribution in [0.15, 0.2) is 34.0 Å². The second-order valence-corrected chi connectivity index (χ2v) is 15.5. The van der Waals surface area contributed by atoms with Gasteiger partial charge in [0, 0.05) is 13.1 Å². The minimum Gasteiger partial charge on any atom is -0.306 e. The van der Waals surface area contributed by atoms with Crippen molar-refractivity contribution in [1.29, 1.82) is 0 Å². The smallest absolute Gasteiger partial charge is 0.261 e. The van der Waals surface area contributed by atoms with Crippen molar-refractivity contribution in [3.8, 4) is 0 Å². The van der Waals surface area contributed by atoms with E-state index in [0.29, 0.717) is 24.2 Å². The van der Waals surface area contributed by atoms with E-state index >= 15 is 0 Å². The van der Waals surface area contributed by atoms with E-state index in [0.717, 1.165) is 46.8 Å². The van der Waals surface area contributed by atoms with Gasteiger partial charge in [0.05, 0.1) is 32.3 Å². The molecule has 46 heavy (non-hydrogen) atoms. The molecule has 0 atom stereocenters. The third-order valence-electron chi connectivity index (χ3n) is 9.58. The molecule has 0 saturated heterocycles. The van der Waals surface area contributed by atoms with Crippen LogP contribution in [0.25, 0.3) is 11.4 Å². The largest absolute Gasteiger partial charge is 0.306 e. The predicted octanol–water partition coefficient (Wildman–Crippen LogP) is 12.1. The summed E-state index contributed by atoms with van der Waals surface area (Å²) >= 11 is 3.31. The molecule has 2 amide bonds. The highest BCUT2D eigenvalue weighted by Gasteiger charge is 2.49. The van der Waals surface area contributed by atoms with Crippen LogP contribution in [0.3, 0.4) is 0 Å². The highest BCUT2D eigenvalue weighted by atomic mass is 32.1. The number of hydrogen-bond acceptors (Lipinski definition) is 4. The van der Waals surface area contributed by atoms with Gasteiger partial charge in [0.15, 0.2) is 0 Å². The zero-order valence-corrected chi connectivity index (χ0v) is 31.0. The minimum absolute atomic E-state index is 0.0203. The third kappa shape index (κ3) is 9.92. The fraction of sp³-hybridized carbons (Fsp3) is 0.650. The van der Waals surface area contributed by atoms with Gasteiger partial charge in [0.1, 0.15) is 0 Å². The molecule has 0 N–H and O–H groups in total. The Balaban J connectivity index is 1.44. The zero-order valence-electron chi connectivity index (χ0n) is 29.4. The summed E-state index contributed by atoms with van der Waals surface area (Å²) in [6.45, 7) is 10.1. The van der Waals surface area contributed by atoms with Crippen molar-refractivity contribution < 1.29 is 9.59 Å². The minimum atomic E-state index is 0.0203. The van der Waals surface area contributed by atoms with Crippen molar-refractivity contribution >= 4 is 45.9 Å². The van der Waals surface area contributed by atoms with Gasteiger partial charge in [0.2, 0.25) is 0 Å². The molecule has 2 aliphatic heterocycles. The standard InChI is InChI=1S/C40H60N2O2S2/c1-5-7-9-11-13-15-17-19-21-23-25-41-37(33-27-31(3)29-45-33)35-36(39(41)43)38(34-28-32(4)30-46-34)42(40(35)44)26-24-22-20-18-16-14-12-10-8-6-2/h27-30H,5-26H2,1-4H3. The third-order valence-corrected chi connectivity index (χ3v) is 11.7. The molecule has 0 fully saturated rings. The Morgan fingerprint density at radius 1 is 0.478 bits per heavy atom. The van der Waals surface area contributed by atoms with Crippen LogP contribution in [0.5, 0.6) is 0 Å². The monoisotopic (exact) mass is 664 g/mol. The zero-order chi connectivity index (χ0) is 32.7. The van der Waals surface area contributed by atoms with Crippen LogP contribution in [0.1, 0.15) is 163 Å². The molecule has 0 radical (unpaired) electrons. The molecule has 6 heteroatoms. The first-order valence-corrected chi connectivity index (χ1v) is 20.5. The number of carbonyl (C=O) groups excluding carboxylic acids is 2. The summed E-state index contributed by atoms with van der Waals surface area (Å²) in [5.74, 6) is 0.0407. The number of rotatable bonds is 24. The summed E-state index contributed by atoms with van der Waals surface area (Å²) in [5.41, 5.74) is 5.36. The molecule has 4 heterocycles. The van der Waals surface area contributed by atoms with Crippen LogP contribution in [-0.2, 0) is 9.59 Å². The van der Waals surface area contributed by atoms with E-state index in [2.05, 4.69) is 50.6 Å². The van der Waals surface area contributed by atoms with Gasteiger partial charge >= 0.3 is 0 Å². The lowest BCUT2D eigenvalue weighted by molar-refractivity contribution is -0.124. The Kier molecular flexibility index (Phi) is 15.6. The number of nitrogens with zero attached hydrogens (tertiary/aromatic N) is 2. The van der Waals surface area contributed by atoms with Crippen molar-refractivity contribution in [3.05, 3.63) is 54.9 Å². The molecular formula is C40H60N2O2S2. The number of fused-ring (bicyclic) bond motifs is 1. The molecule has 254 valence electrons. The molecule has 2 aromatic rings. The first-order chi connectivity index (χ1) is 22.5. The SMILES string of the molecule is CCCCCCCCCCCCN1C(=O)C2=C(c3cc(C)cs3)N(CCCCCCCCCCCC)C(=O)C2=C1c1cc(C)cs1. The van der Waals surface area contributed by atoms with E-state index in [-0.39, 0.29) is 11.8 Å². The van der Waals surface area contributed by atoms with E-state index in [1.54, 1.807) is 22.7 Å². The summed E-state index contributed by atoms with van der Waals surface area (Å²) in [4.78, 5) is 34.7. The van der Waals surface area contributed by atoms with Crippen LogP contribution in [0, 0.1) is 13.8 Å². The van der Waals surface area contributed by atoms with Crippen LogP contribution in [-0.4, -0.2) is 34.7 Å². The van der Waals surface area contributed by atoms with Gasteiger partial charge in [-0.2, -0.15) is 0 Å². The molecule has 0 bridgehead atoms. The fourth-order valence-corrected chi connectivity index (χ4v) is 8.88. The average molecular weight is 665 g/mol. The second-order valence-electron chi connectivity index (χ2n) is 13.7. The highest BCUT2D eigenvalue weighted by Crippen LogP contribution is 2.48. The molecule has 2 aliphatic rings. The molecule has 4 rings (SSSR count). The molecule has 0 aromatic carbocycles. The van der Waals surface area contributed by atoms with Gasteiger partial charge in [0.25, 0.3) is 11.8 Å². The summed E-state index contributed by atoms with van der Waals surface area (Å²) in [5, 5.41) is 4.27. The highest BCUT2D eigenvalue weighted by molar-refractivity contribution is 7.11. The molecule has 0 saturated carbocycles. The Morgan fingerprint density at radius 3 is 1.07 bits per heavy atom. The van der Waals surface area contributed by atoms with E-state index in [1.165, 1.54) is 114 Å². The lowest BCUT2D eigenvalue weighted by Crippen LogP contribution is -2.30. The first-order valence-electron chi connectivity index (χ1n) is 18.7. The summed E-state index contributed by atoms with van der Waals surface area (Å²) < 4.78 is 0. The molecular weight excluding hydrogens is 605 g/mol. The van der Waals surface area contributed by atoms with Crippen molar-refractivity contribution in [2.24, 2.45) is 0 Å². The molecule has 0 unspecified atom stereocenters. The van der Waals surface area contributed by atoms with Crippen LogP contribution in [0.4, 0.5) is 0 Å². The van der Waals surface area contributed by atoms with Gasteiger partial charge in [-0.1, -0.05) is 129 Å². The van der Waals surface area contributed by atoms with Crippen molar-refractivity contribution in [1.82, 2.24) is 9.80 Å². The molecule has 0 aliphatic carbocycles. The first kappa shape index (κ1) is 36.7. The van der Waals surface area contributed by atoms with Crippen molar-refractivity contribution in [2.45, 2.75) is 156 Å². The Hall–Kier alpha value is -2.18. The lowest BCUT2D eigenvalue weighted by Gasteiger charge is -2.24. The van der Waals surface area contributed by atoms with E-state index < -0.39 is 0 Å². The number of thiophene rings is 2. The Morgan fingerprint density at radius 2 is 0.783 bits per heavy atom. The Bertz CT molecular complexity index is 1220. The quantitative estimate of drug-likeness (QED) is 0.105. The fourth-order valence-electron chi connectivity index (χ4n) is 6.96. The summed E-state index contributed by atoms with van der Waals surface area (Å²) in [6, 6.07) is 4.31. The van der Waals surface area contributed by atoms with E-state index in [1.807, 2.05) is 9.80 Å². The normalized spacial score (nSPS) is 15.0. The Labute approximate surface area is 288 Å². The maximum absolute atomic E-state index is 14.3. The van der Waals surface area contributed by atoms with Gasteiger partial charge < -0.3 is 9.80 Å². The number of carbonyl (C=O) groups is 2. The lowest BCUT2D eigenvalue weighted by atomic mass is 10.1. The van der Waals surface area contributed by atoms with Gasteiger partial charge in [-0.25, -0.2) is 0 Å². The van der Waals surface area contributed by atoms with Gasteiger partial charge in [-0.05, 0) is 60.7 Å². The summed E-state index contributed by atoms with van der Waals surface area (Å²) in [7, 11) is 0. The topological polar surface area (TPSA) is 40.6 Å². The second kappa shape index (κ2) is 19.6. The van der Waals surface area contributed by atoms with Crippen molar-refractivity contribution in [3.63, 3.8) is 0 Å². The number of amides is 2.